The Morgan fingerprint density at radius 1 is 1.17 bits per heavy atom. The lowest BCUT2D eigenvalue weighted by molar-refractivity contribution is 0.1000. The second kappa shape index (κ2) is 5.05. The summed E-state index contributed by atoms with van der Waals surface area (Å²) >= 11 is 0. The van der Waals surface area contributed by atoms with E-state index in [-0.39, 0.29) is 11.5 Å². The van der Waals surface area contributed by atoms with Crippen molar-refractivity contribution in [3.8, 4) is 0 Å². The normalized spacial score (nSPS) is 9.78. The third kappa shape index (κ3) is 2.67. The number of carbonyl (C=O) groups is 2. The molecule has 1 heterocycles. The van der Waals surface area contributed by atoms with Crippen molar-refractivity contribution in [2.45, 2.75) is 0 Å². The molecule has 0 aliphatic carbocycles. The molecular weight excluding hydrogens is 232 g/mol. The predicted octanol–water partition coefficient (Wildman–Crippen LogP) is 0.828. The lowest BCUT2D eigenvalue weighted by Gasteiger charge is -2.04. The zero-order valence-electron chi connectivity index (χ0n) is 9.33. The molecular formula is C12H10N4O2. The lowest BCUT2D eigenvalue weighted by atomic mass is 10.1. The highest BCUT2D eigenvalue weighted by atomic mass is 16.2. The van der Waals surface area contributed by atoms with E-state index in [4.69, 9.17) is 5.73 Å². The van der Waals surface area contributed by atoms with Gasteiger partial charge in [-0.3, -0.25) is 14.6 Å². The standard InChI is InChI=1S/C12H10N4O2/c13-11(17)8-2-1-3-9(6-8)12(18)16-10-7-14-4-5-15-10/h1-7H,(H2,13,17)(H,15,16,18). The molecule has 0 spiro atoms. The number of hydrogen-bond acceptors (Lipinski definition) is 4. The Morgan fingerprint density at radius 2 is 1.94 bits per heavy atom. The summed E-state index contributed by atoms with van der Waals surface area (Å²) in [6.07, 6.45) is 4.40. The lowest BCUT2D eigenvalue weighted by Crippen LogP contribution is -2.15. The van der Waals surface area contributed by atoms with E-state index in [0.29, 0.717) is 11.4 Å². The Kier molecular flexibility index (Phi) is 3.29. The van der Waals surface area contributed by atoms with E-state index in [0.717, 1.165) is 0 Å². The number of benzene rings is 1. The smallest absolute Gasteiger partial charge is 0.256 e. The van der Waals surface area contributed by atoms with Crippen molar-refractivity contribution in [2.24, 2.45) is 5.73 Å². The molecule has 6 nitrogen and oxygen atoms in total. The van der Waals surface area contributed by atoms with Crippen LogP contribution in [0.25, 0.3) is 0 Å². The summed E-state index contributed by atoms with van der Waals surface area (Å²) in [7, 11) is 0. The van der Waals surface area contributed by atoms with Gasteiger partial charge in [-0.25, -0.2) is 4.98 Å². The van der Waals surface area contributed by atoms with Gasteiger partial charge in [0, 0.05) is 23.5 Å². The SMILES string of the molecule is NC(=O)c1cccc(C(=O)Nc2cnccn2)c1. The van der Waals surface area contributed by atoms with Gasteiger partial charge in [0.1, 0.15) is 0 Å². The third-order valence-corrected chi connectivity index (χ3v) is 2.21. The first-order chi connectivity index (χ1) is 8.66. The van der Waals surface area contributed by atoms with E-state index >= 15 is 0 Å². The zero-order valence-corrected chi connectivity index (χ0v) is 9.33. The van der Waals surface area contributed by atoms with Crippen molar-refractivity contribution >= 4 is 17.6 Å². The number of primary amides is 1. The van der Waals surface area contributed by atoms with E-state index in [1.54, 1.807) is 18.2 Å². The molecule has 0 unspecified atom stereocenters. The summed E-state index contributed by atoms with van der Waals surface area (Å²) in [5.41, 5.74) is 5.75. The van der Waals surface area contributed by atoms with Crippen molar-refractivity contribution in [3.63, 3.8) is 0 Å². The topological polar surface area (TPSA) is 98.0 Å². The van der Waals surface area contributed by atoms with Gasteiger partial charge in [0.05, 0.1) is 6.20 Å². The van der Waals surface area contributed by atoms with Gasteiger partial charge in [0.15, 0.2) is 5.82 Å². The van der Waals surface area contributed by atoms with Crippen LogP contribution < -0.4 is 11.1 Å². The number of nitrogens with two attached hydrogens (primary N) is 1. The molecule has 1 aromatic heterocycles. The van der Waals surface area contributed by atoms with E-state index in [1.165, 1.54) is 24.7 Å². The molecule has 0 bridgehead atoms. The molecule has 3 N–H and O–H groups in total. The number of nitrogens with zero attached hydrogens (tertiary/aromatic N) is 2. The maximum absolute atomic E-state index is 11.9. The summed E-state index contributed by atoms with van der Waals surface area (Å²) < 4.78 is 0. The minimum Gasteiger partial charge on any atom is -0.366 e. The Bertz CT molecular complexity index is 584. The molecule has 2 amide bonds. The van der Waals surface area contributed by atoms with Crippen LogP contribution in [0.3, 0.4) is 0 Å². The van der Waals surface area contributed by atoms with Gasteiger partial charge >= 0.3 is 0 Å². The number of rotatable bonds is 3. The zero-order chi connectivity index (χ0) is 13.0. The van der Waals surface area contributed by atoms with Gasteiger partial charge in [0.25, 0.3) is 5.91 Å². The van der Waals surface area contributed by atoms with Crippen LogP contribution in [0.5, 0.6) is 0 Å². The van der Waals surface area contributed by atoms with Crippen LogP contribution in [0.15, 0.2) is 42.9 Å². The first-order valence-corrected chi connectivity index (χ1v) is 5.14. The maximum atomic E-state index is 11.9. The molecule has 0 saturated heterocycles. The third-order valence-electron chi connectivity index (χ3n) is 2.21. The van der Waals surface area contributed by atoms with Crippen LogP contribution in [-0.4, -0.2) is 21.8 Å². The quantitative estimate of drug-likeness (QED) is 0.832. The van der Waals surface area contributed by atoms with Gasteiger partial charge in [-0.05, 0) is 18.2 Å². The Morgan fingerprint density at radius 3 is 2.61 bits per heavy atom. The van der Waals surface area contributed by atoms with E-state index < -0.39 is 5.91 Å². The predicted molar refractivity (Wildman–Crippen MR) is 64.9 cm³/mol. The number of amides is 2. The van der Waals surface area contributed by atoms with Crippen LogP contribution in [0, 0.1) is 0 Å². The van der Waals surface area contributed by atoms with Crippen LogP contribution in [0.4, 0.5) is 5.82 Å². The molecule has 0 aliphatic rings. The molecule has 2 rings (SSSR count). The second-order valence-corrected chi connectivity index (χ2v) is 3.49. The van der Waals surface area contributed by atoms with E-state index in [9.17, 15) is 9.59 Å². The van der Waals surface area contributed by atoms with Crippen LogP contribution in [-0.2, 0) is 0 Å². The number of hydrogen-bond donors (Lipinski definition) is 2. The molecule has 1 aromatic carbocycles. The number of carbonyl (C=O) groups excluding carboxylic acids is 2. The molecule has 0 saturated carbocycles. The largest absolute Gasteiger partial charge is 0.366 e. The van der Waals surface area contributed by atoms with Crippen molar-refractivity contribution in [1.82, 2.24) is 9.97 Å². The summed E-state index contributed by atoms with van der Waals surface area (Å²) in [5.74, 6) is -0.616. The highest BCUT2D eigenvalue weighted by Crippen LogP contribution is 2.07. The van der Waals surface area contributed by atoms with Crippen LogP contribution in [0.1, 0.15) is 20.7 Å². The minimum atomic E-state index is -0.579. The molecule has 0 aliphatic heterocycles. The second-order valence-electron chi connectivity index (χ2n) is 3.49. The van der Waals surface area contributed by atoms with Crippen molar-refractivity contribution in [3.05, 3.63) is 54.0 Å². The summed E-state index contributed by atoms with van der Waals surface area (Å²) in [6.45, 7) is 0. The Labute approximate surface area is 103 Å². The highest BCUT2D eigenvalue weighted by Gasteiger charge is 2.09. The molecule has 0 atom stereocenters. The van der Waals surface area contributed by atoms with Crippen LogP contribution in [0.2, 0.25) is 0 Å². The first kappa shape index (κ1) is 11.7. The first-order valence-electron chi connectivity index (χ1n) is 5.14. The summed E-state index contributed by atoms with van der Waals surface area (Å²) in [6, 6.07) is 6.14. The van der Waals surface area contributed by atoms with Gasteiger partial charge in [-0.15, -0.1) is 0 Å². The maximum Gasteiger partial charge on any atom is 0.256 e. The minimum absolute atomic E-state index is 0.279. The molecule has 0 radical (unpaired) electrons. The fraction of sp³-hybridized carbons (Fsp3) is 0. The van der Waals surface area contributed by atoms with Gasteiger partial charge in [-0.1, -0.05) is 6.07 Å². The fourth-order valence-electron chi connectivity index (χ4n) is 1.37. The van der Waals surface area contributed by atoms with E-state index in [1.807, 2.05) is 0 Å². The van der Waals surface area contributed by atoms with Gasteiger partial charge in [-0.2, -0.15) is 0 Å². The number of nitrogens with one attached hydrogen (secondary N) is 1. The van der Waals surface area contributed by atoms with Gasteiger partial charge < -0.3 is 11.1 Å². The fourth-order valence-corrected chi connectivity index (χ4v) is 1.37. The highest BCUT2D eigenvalue weighted by molar-refractivity contribution is 6.05. The number of aromatic nitrogens is 2. The molecule has 6 heteroatoms. The molecule has 0 fully saturated rings. The monoisotopic (exact) mass is 242 g/mol. The number of anilines is 1. The summed E-state index contributed by atoms with van der Waals surface area (Å²) in [4.78, 5) is 30.6. The Hall–Kier alpha value is -2.76. The average Bonchev–Trinajstić information content (AvgIpc) is 2.40. The van der Waals surface area contributed by atoms with Gasteiger partial charge in [0.2, 0.25) is 5.91 Å². The van der Waals surface area contributed by atoms with Crippen molar-refractivity contribution in [1.29, 1.82) is 0 Å². The van der Waals surface area contributed by atoms with Crippen LogP contribution >= 0.6 is 0 Å². The average molecular weight is 242 g/mol. The molecule has 90 valence electrons. The Balaban J connectivity index is 2.19. The van der Waals surface area contributed by atoms with Crippen molar-refractivity contribution < 1.29 is 9.59 Å². The van der Waals surface area contributed by atoms with Crippen molar-refractivity contribution in [2.75, 3.05) is 5.32 Å². The molecule has 18 heavy (non-hydrogen) atoms. The summed E-state index contributed by atoms with van der Waals surface area (Å²) in [5, 5.41) is 2.56. The van der Waals surface area contributed by atoms with E-state index in [2.05, 4.69) is 15.3 Å². The molecule has 2 aromatic rings.